The topological polar surface area (TPSA) is 84.6 Å². The number of rotatable bonds is 6. The summed E-state index contributed by atoms with van der Waals surface area (Å²) >= 11 is 0. The second-order valence-corrected chi connectivity index (χ2v) is 8.36. The normalized spacial score (nSPS) is 15.8. The van der Waals surface area contributed by atoms with Crippen molar-refractivity contribution in [1.82, 2.24) is 20.0 Å². The van der Waals surface area contributed by atoms with Gasteiger partial charge in [0.25, 0.3) is 0 Å². The summed E-state index contributed by atoms with van der Waals surface area (Å²) in [7, 11) is 5.45. The molecule has 2 aromatic heterocycles. The molecule has 1 aliphatic heterocycles. The van der Waals surface area contributed by atoms with Crippen molar-refractivity contribution in [2.75, 3.05) is 32.6 Å². The van der Waals surface area contributed by atoms with Crippen LogP contribution in [-0.4, -0.2) is 53.7 Å². The molecule has 8 nitrogen and oxygen atoms in total. The van der Waals surface area contributed by atoms with Crippen LogP contribution in [0, 0.1) is 13.8 Å². The first-order valence-electron chi connectivity index (χ1n) is 10.8. The minimum atomic E-state index is -0.137. The summed E-state index contributed by atoms with van der Waals surface area (Å²) in [5, 5.41) is 4.11. The Morgan fingerprint density at radius 2 is 2.00 bits per heavy atom. The largest absolute Gasteiger partial charge is 0.497 e. The Morgan fingerprint density at radius 3 is 2.62 bits per heavy atom. The molecule has 1 amide bonds. The van der Waals surface area contributed by atoms with Gasteiger partial charge < -0.3 is 19.1 Å². The Hall–Kier alpha value is -3.42. The molecular formula is C24H29N5O3. The number of nitrogens with zero attached hydrogens (tertiary/aromatic N) is 5. The number of amides is 1. The van der Waals surface area contributed by atoms with Gasteiger partial charge in [-0.15, -0.1) is 0 Å². The summed E-state index contributed by atoms with van der Waals surface area (Å²) in [4.78, 5) is 26.5. The Balaban J connectivity index is 1.68. The lowest BCUT2D eigenvalue weighted by molar-refractivity contribution is -0.131. The second-order valence-electron chi connectivity index (χ2n) is 8.36. The van der Waals surface area contributed by atoms with Crippen LogP contribution in [-0.2, 0) is 11.2 Å². The third kappa shape index (κ3) is 4.17. The van der Waals surface area contributed by atoms with Crippen molar-refractivity contribution in [3.05, 3.63) is 53.0 Å². The van der Waals surface area contributed by atoms with E-state index in [0.717, 1.165) is 46.7 Å². The van der Waals surface area contributed by atoms with Crippen LogP contribution >= 0.6 is 0 Å². The lowest BCUT2D eigenvalue weighted by Gasteiger charge is -2.26. The van der Waals surface area contributed by atoms with Crippen LogP contribution in [0.5, 0.6) is 5.75 Å². The molecule has 0 aliphatic carbocycles. The quantitative estimate of drug-likeness (QED) is 0.583. The smallest absolute Gasteiger partial charge is 0.227 e. The molecule has 3 heterocycles. The Kier molecular flexibility index (Phi) is 6.12. The first kappa shape index (κ1) is 21.8. The number of likely N-dealkylation sites (tertiary alicyclic amines) is 1. The van der Waals surface area contributed by atoms with E-state index in [2.05, 4.69) is 10.1 Å². The van der Waals surface area contributed by atoms with E-state index in [1.54, 1.807) is 13.3 Å². The van der Waals surface area contributed by atoms with E-state index in [1.165, 1.54) is 0 Å². The monoisotopic (exact) mass is 435 g/mol. The Morgan fingerprint density at radius 1 is 1.25 bits per heavy atom. The molecule has 32 heavy (non-hydrogen) atoms. The molecule has 0 N–H and O–H groups in total. The number of benzene rings is 1. The lowest BCUT2D eigenvalue weighted by atomic mass is 10.0. The average molecular weight is 436 g/mol. The fraction of sp³-hybridized carbons (Fsp3) is 0.417. The van der Waals surface area contributed by atoms with Crippen LogP contribution in [0.2, 0.25) is 0 Å². The molecule has 3 aromatic rings. The number of methoxy groups -OCH3 is 1. The highest BCUT2D eigenvalue weighted by atomic mass is 16.5. The van der Waals surface area contributed by atoms with Crippen molar-refractivity contribution < 1.29 is 14.1 Å². The summed E-state index contributed by atoms with van der Waals surface area (Å²) in [6.07, 6.45) is 3.89. The Bertz CT molecular complexity index is 1110. The van der Waals surface area contributed by atoms with Crippen molar-refractivity contribution >= 4 is 11.9 Å². The van der Waals surface area contributed by atoms with Crippen LogP contribution < -0.4 is 9.64 Å². The number of aromatic nitrogens is 3. The number of ether oxygens (including phenoxy) is 1. The van der Waals surface area contributed by atoms with Crippen LogP contribution in [0.4, 0.5) is 5.95 Å². The van der Waals surface area contributed by atoms with Crippen LogP contribution in [0.1, 0.15) is 41.4 Å². The number of hydrogen-bond donors (Lipinski definition) is 0. The van der Waals surface area contributed by atoms with E-state index in [0.29, 0.717) is 24.7 Å². The number of carbonyl (C=O) groups is 1. The highest BCUT2D eigenvalue weighted by Crippen LogP contribution is 2.38. The maximum absolute atomic E-state index is 13.3. The van der Waals surface area contributed by atoms with Crippen LogP contribution in [0.15, 0.2) is 35.0 Å². The van der Waals surface area contributed by atoms with E-state index in [9.17, 15) is 4.79 Å². The molecule has 0 bridgehead atoms. The third-order valence-electron chi connectivity index (χ3n) is 6.01. The molecule has 1 aromatic carbocycles. The predicted octanol–water partition coefficient (Wildman–Crippen LogP) is 3.73. The minimum absolute atomic E-state index is 0.0825. The van der Waals surface area contributed by atoms with Gasteiger partial charge in [-0.3, -0.25) is 4.79 Å². The van der Waals surface area contributed by atoms with E-state index in [4.69, 9.17) is 14.2 Å². The Labute approximate surface area is 188 Å². The fourth-order valence-corrected chi connectivity index (χ4v) is 4.07. The van der Waals surface area contributed by atoms with Gasteiger partial charge in [0, 0.05) is 32.4 Å². The van der Waals surface area contributed by atoms with Crippen molar-refractivity contribution in [3.63, 3.8) is 0 Å². The van der Waals surface area contributed by atoms with E-state index < -0.39 is 0 Å². The SMILES string of the molecule is COc1ccc(CC(=O)N2CCCC2c2nc(N(C)C)ncc2-c2onc(C)c2C)cc1. The molecule has 4 rings (SSSR count). The number of aryl methyl sites for hydroxylation is 1. The molecule has 0 spiro atoms. The van der Waals surface area contributed by atoms with Gasteiger partial charge in [0.15, 0.2) is 5.76 Å². The first-order valence-corrected chi connectivity index (χ1v) is 10.8. The van der Waals surface area contributed by atoms with Gasteiger partial charge in [0.05, 0.1) is 36.5 Å². The zero-order chi connectivity index (χ0) is 22.8. The molecule has 1 saturated heterocycles. The van der Waals surface area contributed by atoms with Gasteiger partial charge in [0.2, 0.25) is 11.9 Å². The first-order chi connectivity index (χ1) is 15.4. The number of anilines is 1. The summed E-state index contributed by atoms with van der Waals surface area (Å²) in [6, 6.07) is 7.49. The fourth-order valence-electron chi connectivity index (χ4n) is 4.07. The zero-order valence-corrected chi connectivity index (χ0v) is 19.3. The summed E-state index contributed by atoms with van der Waals surface area (Å²) in [5.74, 6) is 2.13. The van der Waals surface area contributed by atoms with Gasteiger partial charge in [-0.1, -0.05) is 17.3 Å². The van der Waals surface area contributed by atoms with E-state index >= 15 is 0 Å². The molecule has 0 radical (unpaired) electrons. The van der Waals surface area contributed by atoms with Gasteiger partial charge in [-0.25, -0.2) is 9.97 Å². The molecule has 1 aliphatic rings. The number of hydrogen-bond acceptors (Lipinski definition) is 7. The highest BCUT2D eigenvalue weighted by Gasteiger charge is 2.34. The van der Waals surface area contributed by atoms with Crippen molar-refractivity contribution in [3.8, 4) is 17.1 Å². The summed E-state index contributed by atoms with van der Waals surface area (Å²) in [5.41, 5.74) is 4.36. The maximum Gasteiger partial charge on any atom is 0.227 e. The standard InChI is InChI=1S/C24H29N5O3/c1-15-16(2)27-32-23(15)19-14-25-24(28(3)4)26-22(19)20-7-6-12-29(20)21(30)13-17-8-10-18(31-5)11-9-17/h8-11,14,20H,6-7,12-13H2,1-5H3. The van der Waals surface area contributed by atoms with Crippen molar-refractivity contribution in [1.29, 1.82) is 0 Å². The summed E-state index contributed by atoms with van der Waals surface area (Å²) in [6.45, 7) is 4.60. The highest BCUT2D eigenvalue weighted by molar-refractivity contribution is 5.80. The van der Waals surface area contributed by atoms with Crippen molar-refractivity contribution in [2.24, 2.45) is 0 Å². The average Bonchev–Trinajstić information content (AvgIpc) is 3.41. The molecule has 1 fully saturated rings. The minimum Gasteiger partial charge on any atom is -0.497 e. The molecule has 1 atom stereocenters. The molecule has 1 unspecified atom stereocenters. The molecule has 0 saturated carbocycles. The van der Waals surface area contributed by atoms with Crippen LogP contribution in [0.3, 0.4) is 0 Å². The van der Waals surface area contributed by atoms with Gasteiger partial charge >= 0.3 is 0 Å². The zero-order valence-electron chi connectivity index (χ0n) is 19.3. The van der Waals surface area contributed by atoms with E-state index in [1.807, 2.05) is 62.0 Å². The molecular weight excluding hydrogens is 406 g/mol. The lowest BCUT2D eigenvalue weighted by Crippen LogP contribution is -2.32. The third-order valence-corrected chi connectivity index (χ3v) is 6.01. The van der Waals surface area contributed by atoms with Gasteiger partial charge in [0.1, 0.15) is 5.75 Å². The predicted molar refractivity (Wildman–Crippen MR) is 122 cm³/mol. The molecule has 168 valence electrons. The van der Waals surface area contributed by atoms with Gasteiger partial charge in [-0.05, 0) is 44.4 Å². The van der Waals surface area contributed by atoms with Crippen molar-refractivity contribution in [2.45, 2.75) is 39.2 Å². The van der Waals surface area contributed by atoms with E-state index in [-0.39, 0.29) is 11.9 Å². The van der Waals surface area contributed by atoms with Crippen LogP contribution in [0.25, 0.3) is 11.3 Å². The maximum atomic E-state index is 13.3. The number of carbonyl (C=O) groups excluding carboxylic acids is 1. The molecule has 8 heteroatoms. The van der Waals surface area contributed by atoms with Gasteiger partial charge in [-0.2, -0.15) is 0 Å². The second kappa shape index (κ2) is 8.98. The summed E-state index contributed by atoms with van der Waals surface area (Å²) < 4.78 is 10.9.